The molecule has 0 aromatic carbocycles. The molecule has 0 aliphatic heterocycles. The first-order valence-corrected chi connectivity index (χ1v) is 4.76. The second-order valence-electron chi connectivity index (χ2n) is 3.11. The van der Waals surface area contributed by atoms with Crippen LogP contribution in [0.25, 0.3) is 0 Å². The second-order valence-corrected chi connectivity index (χ2v) is 3.11. The van der Waals surface area contributed by atoms with Crippen molar-refractivity contribution in [2.24, 2.45) is 0 Å². The molecule has 1 heterocycles. The molecule has 0 atom stereocenters. The minimum absolute atomic E-state index is 0.0360. The van der Waals surface area contributed by atoms with Crippen LogP contribution in [-0.4, -0.2) is 18.0 Å². The first kappa shape index (κ1) is 11.3. The fourth-order valence-electron chi connectivity index (χ4n) is 1.14. The Hall–Kier alpha value is -1.78. The molecule has 5 heteroatoms. The van der Waals surface area contributed by atoms with E-state index in [1.54, 1.807) is 6.07 Å². The maximum absolute atomic E-state index is 11.3. The highest BCUT2D eigenvalue weighted by atomic mass is 16.5. The number of methoxy groups -OCH3 is 1. The summed E-state index contributed by atoms with van der Waals surface area (Å²) in [7, 11) is 1.50. The minimum atomic E-state index is -0.0360. The van der Waals surface area contributed by atoms with E-state index >= 15 is 0 Å². The SMILES string of the molecule is CCCC(=O)Nc1cnc(N)c(OC)c1. The van der Waals surface area contributed by atoms with E-state index in [1.807, 2.05) is 6.92 Å². The van der Waals surface area contributed by atoms with Gasteiger partial charge in [-0.1, -0.05) is 6.92 Å². The standard InChI is InChI=1S/C10H15N3O2/c1-3-4-9(14)13-7-5-8(15-2)10(11)12-6-7/h5-6H,3-4H2,1-2H3,(H2,11,12)(H,13,14). The first-order valence-electron chi connectivity index (χ1n) is 4.76. The van der Waals surface area contributed by atoms with Crippen molar-refractivity contribution in [3.63, 3.8) is 0 Å². The van der Waals surface area contributed by atoms with Crippen molar-refractivity contribution in [3.05, 3.63) is 12.3 Å². The molecule has 15 heavy (non-hydrogen) atoms. The Morgan fingerprint density at radius 2 is 2.40 bits per heavy atom. The summed E-state index contributed by atoms with van der Waals surface area (Å²) in [5, 5.41) is 2.71. The second kappa shape index (κ2) is 5.19. The van der Waals surface area contributed by atoms with Gasteiger partial charge in [-0.2, -0.15) is 0 Å². The number of nitrogens with one attached hydrogen (secondary N) is 1. The summed E-state index contributed by atoms with van der Waals surface area (Å²) in [6.07, 6.45) is 2.81. The smallest absolute Gasteiger partial charge is 0.224 e. The Kier molecular flexibility index (Phi) is 3.91. The number of ether oxygens (including phenoxy) is 1. The molecule has 1 rings (SSSR count). The van der Waals surface area contributed by atoms with E-state index in [9.17, 15) is 4.79 Å². The number of nitrogen functional groups attached to an aromatic ring is 1. The van der Waals surface area contributed by atoms with Crippen LogP contribution in [0.15, 0.2) is 12.3 Å². The zero-order valence-corrected chi connectivity index (χ0v) is 8.91. The van der Waals surface area contributed by atoms with Gasteiger partial charge >= 0.3 is 0 Å². The number of carbonyl (C=O) groups excluding carboxylic acids is 1. The van der Waals surface area contributed by atoms with Crippen LogP contribution in [0, 0.1) is 0 Å². The molecule has 0 radical (unpaired) electrons. The lowest BCUT2D eigenvalue weighted by Gasteiger charge is -2.07. The zero-order chi connectivity index (χ0) is 11.3. The predicted molar refractivity (Wildman–Crippen MR) is 58.7 cm³/mol. The van der Waals surface area contributed by atoms with Crippen LogP contribution in [0.5, 0.6) is 5.75 Å². The third-order valence-corrected chi connectivity index (χ3v) is 1.86. The number of carbonyl (C=O) groups is 1. The Morgan fingerprint density at radius 3 is 3.00 bits per heavy atom. The molecule has 0 saturated carbocycles. The summed E-state index contributed by atoms with van der Waals surface area (Å²) >= 11 is 0. The summed E-state index contributed by atoms with van der Waals surface area (Å²) in [5.41, 5.74) is 6.14. The van der Waals surface area contributed by atoms with Crippen molar-refractivity contribution in [1.29, 1.82) is 0 Å². The summed E-state index contributed by atoms with van der Waals surface area (Å²) in [4.78, 5) is 15.2. The highest BCUT2D eigenvalue weighted by molar-refractivity contribution is 5.90. The molecule has 0 spiro atoms. The number of aromatic nitrogens is 1. The average molecular weight is 209 g/mol. The van der Waals surface area contributed by atoms with E-state index in [1.165, 1.54) is 13.3 Å². The van der Waals surface area contributed by atoms with Crippen LogP contribution < -0.4 is 15.8 Å². The highest BCUT2D eigenvalue weighted by Crippen LogP contribution is 2.22. The van der Waals surface area contributed by atoms with Gasteiger partial charge < -0.3 is 15.8 Å². The number of anilines is 2. The van der Waals surface area contributed by atoms with Crippen LogP contribution in [-0.2, 0) is 4.79 Å². The van der Waals surface area contributed by atoms with Crippen molar-refractivity contribution in [3.8, 4) is 5.75 Å². The molecule has 82 valence electrons. The number of nitrogens with zero attached hydrogens (tertiary/aromatic N) is 1. The van der Waals surface area contributed by atoms with Gasteiger partial charge in [0.25, 0.3) is 0 Å². The molecule has 5 nitrogen and oxygen atoms in total. The van der Waals surface area contributed by atoms with Crippen molar-refractivity contribution in [2.45, 2.75) is 19.8 Å². The van der Waals surface area contributed by atoms with Crippen LogP contribution in [0.2, 0.25) is 0 Å². The number of hydrogen-bond donors (Lipinski definition) is 2. The van der Waals surface area contributed by atoms with Gasteiger partial charge in [0.2, 0.25) is 5.91 Å². The molecule has 1 aromatic heterocycles. The molecule has 1 amide bonds. The number of amides is 1. The van der Waals surface area contributed by atoms with Crippen LogP contribution in [0.3, 0.4) is 0 Å². The third kappa shape index (κ3) is 3.12. The summed E-state index contributed by atoms with van der Waals surface area (Å²) < 4.78 is 4.99. The monoisotopic (exact) mass is 209 g/mol. The van der Waals surface area contributed by atoms with Crippen LogP contribution in [0.1, 0.15) is 19.8 Å². The van der Waals surface area contributed by atoms with Gasteiger partial charge in [0.1, 0.15) is 0 Å². The van der Waals surface area contributed by atoms with Gasteiger partial charge in [0.05, 0.1) is 19.0 Å². The quantitative estimate of drug-likeness (QED) is 0.786. The topological polar surface area (TPSA) is 77.2 Å². The molecule has 3 N–H and O–H groups in total. The van der Waals surface area contributed by atoms with Crippen molar-refractivity contribution in [1.82, 2.24) is 4.98 Å². The molecule has 0 unspecified atom stereocenters. The maximum Gasteiger partial charge on any atom is 0.224 e. The number of hydrogen-bond acceptors (Lipinski definition) is 4. The summed E-state index contributed by atoms with van der Waals surface area (Å²) in [5.74, 6) is 0.737. The van der Waals surface area contributed by atoms with E-state index < -0.39 is 0 Å². The van der Waals surface area contributed by atoms with E-state index in [0.717, 1.165) is 6.42 Å². The van der Waals surface area contributed by atoms with Crippen molar-refractivity contribution < 1.29 is 9.53 Å². The molecule has 0 aliphatic rings. The van der Waals surface area contributed by atoms with Gasteiger partial charge in [-0.25, -0.2) is 4.98 Å². The molecule has 0 saturated heterocycles. The van der Waals surface area contributed by atoms with Crippen molar-refractivity contribution in [2.75, 3.05) is 18.2 Å². The fraction of sp³-hybridized carbons (Fsp3) is 0.400. The van der Waals surface area contributed by atoms with E-state index in [0.29, 0.717) is 23.7 Å². The highest BCUT2D eigenvalue weighted by Gasteiger charge is 2.05. The number of nitrogens with two attached hydrogens (primary N) is 1. The lowest BCUT2D eigenvalue weighted by atomic mass is 10.3. The minimum Gasteiger partial charge on any atom is -0.493 e. The van der Waals surface area contributed by atoms with Gasteiger partial charge in [-0.05, 0) is 6.42 Å². The predicted octanol–water partition coefficient (Wildman–Crippen LogP) is 1.41. The Labute approximate surface area is 88.6 Å². The van der Waals surface area contributed by atoms with Crippen LogP contribution in [0.4, 0.5) is 11.5 Å². The van der Waals surface area contributed by atoms with E-state index in [-0.39, 0.29) is 5.91 Å². The fourth-order valence-corrected chi connectivity index (χ4v) is 1.14. The lowest BCUT2D eigenvalue weighted by Crippen LogP contribution is -2.11. The Balaban J connectivity index is 2.74. The molecule has 1 aromatic rings. The number of rotatable bonds is 4. The summed E-state index contributed by atoms with van der Waals surface area (Å²) in [6, 6.07) is 1.65. The Morgan fingerprint density at radius 1 is 1.67 bits per heavy atom. The van der Waals surface area contributed by atoms with Gasteiger partial charge in [0, 0.05) is 12.5 Å². The van der Waals surface area contributed by atoms with Gasteiger partial charge in [-0.3, -0.25) is 4.79 Å². The van der Waals surface area contributed by atoms with E-state index in [4.69, 9.17) is 10.5 Å². The van der Waals surface area contributed by atoms with Crippen LogP contribution >= 0.6 is 0 Å². The molecular formula is C10H15N3O2. The number of pyridine rings is 1. The molecule has 0 bridgehead atoms. The normalized spacial score (nSPS) is 9.73. The third-order valence-electron chi connectivity index (χ3n) is 1.86. The average Bonchev–Trinajstić information content (AvgIpc) is 2.21. The van der Waals surface area contributed by atoms with E-state index in [2.05, 4.69) is 10.3 Å². The summed E-state index contributed by atoms with van der Waals surface area (Å²) in [6.45, 7) is 1.95. The molecular weight excluding hydrogens is 194 g/mol. The largest absolute Gasteiger partial charge is 0.493 e. The lowest BCUT2D eigenvalue weighted by molar-refractivity contribution is -0.116. The van der Waals surface area contributed by atoms with Gasteiger partial charge in [0.15, 0.2) is 11.6 Å². The zero-order valence-electron chi connectivity index (χ0n) is 8.91. The van der Waals surface area contributed by atoms with Gasteiger partial charge in [-0.15, -0.1) is 0 Å². The maximum atomic E-state index is 11.3. The Bertz CT molecular complexity index is 353. The van der Waals surface area contributed by atoms with Crippen molar-refractivity contribution >= 4 is 17.4 Å². The molecule has 0 fully saturated rings. The molecule has 0 aliphatic carbocycles. The first-order chi connectivity index (χ1) is 7.17.